The van der Waals surface area contributed by atoms with Crippen LogP contribution in [0.3, 0.4) is 0 Å². The third kappa shape index (κ3) is 4.70. The number of nitriles is 1. The third-order valence-electron chi connectivity index (χ3n) is 4.81. The van der Waals surface area contributed by atoms with Gasteiger partial charge in [0.25, 0.3) is 10.0 Å². The summed E-state index contributed by atoms with van der Waals surface area (Å²) in [7, 11) is -2.07. The minimum absolute atomic E-state index is 0.00942. The van der Waals surface area contributed by atoms with E-state index in [1.165, 1.54) is 24.3 Å². The lowest BCUT2D eigenvalue weighted by molar-refractivity contribution is 0.213. The molecule has 2 heterocycles. The number of likely N-dealkylation sites (tertiary alicyclic amines) is 1. The number of hydrogen-bond donors (Lipinski definition) is 2. The molecule has 0 bridgehead atoms. The second kappa shape index (κ2) is 8.41. The van der Waals surface area contributed by atoms with Crippen molar-refractivity contribution in [2.45, 2.75) is 30.7 Å². The maximum Gasteiger partial charge on any atom is 0.334 e. The van der Waals surface area contributed by atoms with Crippen LogP contribution in [0.1, 0.15) is 30.1 Å². The lowest BCUT2D eigenvalue weighted by Crippen LogP contribution is -2.36. The zero-order valence-electron chi connectivity index (χ0n) is 16.0. The summed E-state index contributed by atoms with van der Waals surface area (Å²) in [5.74, 6) is 0.198. The molecule has 1 saturated heterocycles. The first-order valence-electron chi connectivity index (χ1n) is 8.98. The van der Waals surface area contributed by atoms with Gasteiger partial charge >= 0.3 is 6.03 Å². The summed E-state index contributed by atoms with van der Waals surface area (Å²) in [6.45, 7) is 3.40. The summed E-state index contributed by atoms with van der Waals surface area (Å²) in [5, 5.41) is 16.8. The lowest BCUT2D eigenvalue weighted by Gasteiger charge is -2.30. The number of piperidine rings is 1. The van der Waals surface area contributed by atoms with Gasteiger partial charge in [-0.25, -0.2) is 22.6 Å². The number of hydrogen-bond acceptors (Lipinski definition) is 6. The van der Waals surface area contributed by atoms with E-state index >= 15 is 0 Å². The fourth-order valence-electron chi connectivity index (χ4n) is 3.23. The van der Waals surface area contributed by atoms with E-state index in [0.29, 0.717) is 10.7 Å². The average Bonchev–Trinajstić information content (AvgIpc) is 2.97. The molecule has 1 aromatic heterocycles. The van der Waals surface area contributed by atoms with E-state index in [-0.39, 0.29) is 22.3 Å². The summed E-state index contributed by atoms with van der Waals surface area (Å²) in [5.41, 5.74) is 0.685. The molecule has 0 atom stereocenters. The third-order valence-corrected chi connectivity index (χ3v) is 6.41. The Morgan fingerprint density at radius 1 is 1.28 bits per heavy atom. The average molecular weight is 437 g/mol. The van der Waals surface area contributed by atoms with Crippen molar-refractivity contribution in [2.75, 3.05) is 25.5 Å². The number of urea groups is 1. The van der Waals surface area contributed by atoms with Gasteiger partial charge in [0, 0.05) is 5.02 Å². The van der Waals surface area contributed by atoms with Crippen molar-refractivity contribution in [2.24, 2.45) is 0 Å². The van der Waals surface area contributed by atoms with Gasteiger partial charge in [0.2, 0.25) is 0 Å². The van der Waals surface area contributed by atoms with Gasteiger partial charge in [-0.2, -0.15) is 10.4 Å². The Hall–Kier alpha value is -2.61. The highest BCUT2D eigenvalue weighted by molar-refractivity contribution is 7.90. The van der Waals surface area contributed by atoms with Crippen LogP contribution in [-0.2, 0) is 10.0 Å². The molecule has 9 nitrogen and oxygen atoms in total. The Bertz CT molecular complexity index is 1050. The quantitative estimate of drug-likeness (QED) is 0.759. The van der Waals surface area contributed by atoms with Crippen LogP contribution in [0.15, 0.2) is 29.2 Å². The minimum atomic E-state index is -4.09. The number of aromatic nitrogens is 2. The number of carbonyl (C=O) groups excluding carboxylic acids is 1. The van der Waals surface area contributed by atoms with E-state index in [2.05, 4.69) is 15.3 Å². The molecule has 0 spiro atoms. The summed E-state index contributed by atoms with van der Waals surface area (Å²) in [4.78, 5) is 14.5. The zero-order valence-corrected chi connectivity index (χ0v) is 17.6. The molecule has 154 valence electrons. The van der Waals surface area contributed by atoms with Gasteiger partial charge in [-0.05, 0) is 64.2 Å². The first-order valence-corrected chi connectivity index (χ1v) is 10.8. The van der Waals surface area contributed by atoms with Crippen molar-refractivity contribution >= 4 is 33.5 Å². The molecule has 2 amide bonds. The Balaban J connectivity index is 1.82. The SMILES string of the molecule is Cc1nn(C2CCN(C)CC2)c(NC(=O)NS(=O)(=O)c2ccc(Cl)cc2)c1C#N. The van der Waals surface area contributed by atoms with Gasteiger partial charge in [-0.3, -0.25) is 5.32 Å². The molecule has 0 aliphatic carbocycles. The molecule has 0 saturated carbocycles. The number of rotatable bonds is 4. The van der Waals surface area contributed by atoms with Crippen LogP contribution in [0.4, 0.5) is 10.6 Å². The van der Waals surface area contributed by atoms with Crippen LogP contribution in [-0.4, -0.2) is 49.3 Å². The summed E-state index contributed by atoms with van der Waals surface area (Å²) < 4.78 is 28.4. The predicted molar refractivity (Wildman–Crippen MR) is 108 cm³/mol. The standard InChI is InChI=1S/C18H21ClN6O3S/c1-12-16(11-20)17(25(22-12)14-7-9-24(2)10-8-14)21-18(26)23-29(27,28)15-5-3-13(19)4-6-15/h3-6,14H,7-10H2,1-2H3,(H2,21,23,26). The number of benzene rings is 1. The van der Waals surface area contributed by atoms with Crippen LogP contribution in [0.2, 0.25) is 5.02 Å². The van der Waals surface area contributed by atoms with Crippen LogP contribution < -0.4 is 10.0 Å². The van der Waals surface area contributed by atoms with Crippen LogP contribution in [0.5, 0.6) is 0 Å². The molecule has 11 heteroatoms. The lowest BCUT2D eigenvalue weighted by atomic mass is 10.1. The summed E-state index contributed by atoms with van der Waals surface area (Å²) in [6.07, 6.45) is 1.61. The highest BCUT2D eigenvalue weighted by atomic mass is 35.5. The van der Waals surface area contributed by atoms with Crippen LogP contribution in [0, 0.1) is 18.3 Å². The Labute approximate surface area is 174 Å². The number of halogens is 1. The Morgan fingerprint density at radius 2 is 1.90 bits per heavy atom. The molecule has 1 aromatic carbocycles. The highest BCUT2D eigenvalue weighted by Crippen LogP contribution is 2.29. The summed E-state index contributed by atoms with van der Waals surface area (Å²) in [6, 6.07) is 6.51. The molecule has 2 N–H and O–H groups in total. The van der Waals surface area contributed by atoms with E-state index in [0.717, 1.165) is 25.9 Å². The number of anilines is 1. The maximum absolute atomic E-state index is 12.4. The number of sulfonamides is 1. The molecule has 2 aromatic rings. The Kier molecular flexibility index (Phi) is 6.12. The number of carbonyl (C=O) groups is 1. The number of amides is 2. The fraction of sp³-hybridized carbons (Fsp3) is 0.389. The molecular formula is C18H21ClN6O3S. The Morgan fingerprint density at radius 3 is 2.48 bits per heavy atom. The van der Waals surface area contributed by atoms with Crippen molar-refractivity contribution in [3.05, 3.63) is 40.5 Å². The van der Waals surface area contributed by atoms with Crippen molar-refractivity contribution in [1.29, 1.82) is 5.26 Å². The monoisotopic (exact) mass is 436 g/mol. The van der Waals surface area contributed by atoms with Crippen LogP contribution in [0.25, 0.3) is 0 Å². The van der Waals surface area contributed by atoms with E-state index in [4.69, 9.17) is 11.6 Å². The zero-order chi connectivity index (χ0) is 21.2. The van der Waals surface area contributed by atoms with Crippen molar-refractivity contribution < 1.29 is 13.2 Å². The second-order valence-corrected chi connectivity index (χ2v) is 9.03. The van der Waals surface area contributed by atoms with Crippen molar-refractivity contribution in [1.82, 2.24) is 19.4 Å². The van der Waals surface area contributed by atoms with E-state index in [1.807, 2.05) is 17.8 Å². The van der Waals surface area contributed by atoms with E-state index in [9.17, 15) is 18.5 Å². The fourth-order valence-corrected chi connectivity index (χ4v) is 4.27. The van der Waals surface area contributed by atoms with E-state index < -0.39 is 16.1 Å². The minimum Gasteiger partial charge on any atom is -0.306 e. The van der Waals surface area contributed by atoms with Gasteiger partial charge < -0.3 is 4.90 Å². The first-order chi connectivity index (χ1) is 13.7. The molecule has 0 unspecified atom stereocenters. The van der Waals surface area contributed by atoms with Gasteiger partial charge in [-0.15, -0.1) is 0 Å². The van der Waals surface area contributed by atoms with Gasteiger partial charge in [0.1, 0.15) is 11.6 Å². The molecule has 1 fully saturated rings. The van der Waals surface area contributed by atoms with E-state index in [1.54, 1.807) is 11.6 Å². The second-order valence-electron chi connectivity index (χ2n) is 6.91. The summed E-state index contributed by atoms with van der Waals surface area (Å²) >= 11 is 5.77. The van der Waals surface area contributed by atoms with Crippen LogP contribution >= 0.6 is 11.6 Å². The predicted octanol–water partition coefficient (Wildman–Crippen LogP) is 2.49. The normalized spacial score (nSPS) is 15.7. The van der Waals surface area contributed by atoms with Crippen molar-refractivity contribution in [3.63, 3.8) is 0 Å². The molecule has 29 heavy (non-hydrogen) atoms. The van der Waals surface area contributed by atoms with Gasteiger partial charge in [0.15, 0.2) is 5.82 Å². The molecule has 0 radical (unpaired) electrons. The molecular weight excluding hydrogens is 416 g/mol. The van der Waals surface area contributed by atoms with Gasteiger partial charge in [0.05, 0.1) is 16.6 Å². The number of aryl methyl sites for hydroxylation is 1. The first kappa shape index (κ1) is 21.1. The van der Waals surface area contributed by atoms with Crippen molar-refractivity contribution in [3.8, 4) is 6.07 Å². The number of nitrogens with one attached hydrogen (secondary N) is 2. The van der Waals surface area contributed by atoms with Gasteiger partial charge in [-0.1, -0.05) is 11.6 Å². The number of nitrogens with zero attached hydrogens (tertiary/aromatic N) is 4. The largest absolute Gasteiger partial charge is 0.334 e. The molecule has 1 aliphatic heterocycles. The smallest absolute Gasteiger partial charge is 0.306 e. The molecule has 1 aliphatic rings. The topological polar surface area (TPSA) is 120 Å². The maximum atomic E-state index is 12.4. The molecule has 3 rings (SSSR count). The highest BCUT2D eigenvalue weighted by Gasteiger charge is 2.27.